The van der Waals surface area contributed by atoms with Gasteiger partial charge in [0.15, 0.2) is 0 Å². The second kappa shape index (κ2) is 7.27. The quantitative estimate of drug-likeness (QED) is 0.668. The Balaban J connectivity index is 1.82. The number of nitrogens with zero attached hydrogens (tertiary/aromatic N) is 2. The highest BCUT2D eigenvalue weighted by Gasteiger charge is 2.25. The molecule has 7 heteroatoms. The van der Waals surface area contributed by atoms with Crippen LogP contribution in [-0.4, -0.2) is 16.0 Å². The Labute approximate surface area is 152 Å². The van der Waals surface area contributed by atoms with Crippen molar-refractivity contribution in [3.05, 3.63) is 57.0 Å². The summed E-state index contributed by atoms with van der Waals surface area (Å²) in [5.41, 5.74) is 0.861. The van der Waals surface area contributed by atoms with Gasteiger partial charge >= 0.3 is 0 Å². The number of carbonyl (C=O) groups is 1. The van der Waals surface area contributed by atoms with Gasteiger partial charge < -0.3 is 9.84 Å². The Bertz CT molecular complexity index is 813. The number of amides is 1. The Kier molecular flexibility index (Phi) is 5.11. The van der Waals surface area contributed by atoms with Crippen LogP contribution in [0.15, 0.2) is 50.8 Å². The lowest BCUT2D eigenvalue weighted by atomic mass is 10.0. The minimum atomic E-state index is -0.337. The summed E-state index contributed by atoms with van der Waals surface area (Å²) in [5.74, 6) is 0.903. The maximum atomic E-state index is 12.3. The maximum Gasteiger partial charge on any atom is 0.262 e. The number of halogens is 1. The van der Waals surface area contributed by atoms with Crippen molar-refractivity contribution in [3.8, 4) is 11.4 Å². The van der Waals surface area contributed by atoms with Gasteiger partial charge in [0, 0.05) is 10.0 Å². The third kappa shape index (κ3) is 3.73. The first-order valence-electron chi connectivity index (χ1n) is 7.48. The smallest absolute Gasteiger partial charge is 0.262 e. The third-order valence-corrected chi connectivity index (χ3v) is 4.91. The molecule has 2 aromatic heterocycles. The standard InChI is InChI=1S/C17H16BrN3O2S/c1-10(2)14(19-16(22)13-4-3-9-24-13)17-20-15(21-23-17)11-5-7-12(18)8-6-11/h3-10,14H,1-2H3,(H,19,22)/t14-/m1/s1. The largest absolute Gasteiger partial charge is 0.339 e. The van der Waals surface area contributed by atoms with Gasteiger partial charge in [0.05, 0.1) is 4.88 Å². The summed E-state index contributed by atoms with van der Waals surface area (Å²) < 4.78 is 6.39. The summed E-state index contributed by atoms with van der Waals surface area (Å²) in [6.07, 6.45) is 0. The van der Waals surface area contributed by atoms with Crippen LogP contribution in [0.3, 0.4) is 0 Å². The number of aromatic nitrogens is 2. The molecule has 24 heavy (non-hydrogen) atoms. The molecule has 0 bridgehead atoms. The number of benzene rings is 1. The van der Waals surface area contributed by atoms with Gasteiger partial charge in [-0.1, -0.05) is 41.0 Å². The van der Waals surface area contributed by atoms with E-state index in [1.54, 1.807) is 6.07 Å². The first-order valence-corrected chi connectivity index (χ1v) is 9.16. The van der Waals surface area contributed by atoms with Crippen LogP contribution in [0, 0.1) is 5.92 Å². The van der Waals surface area contributed by atoms with Crippen LogP contribution in [0.25, 0.3) is 11.4 Å². The SMILES string of the molecule is CC(C)[C@@H](NC(=O)c1cccs1)c1nc(-c2ccc(Br)cc2)no1. The van der Waals surface area contributed by atoms with Gasteiger partial charge in [-0.25, -0.2) is 0 Å². The Hall–Kier alpha value is -1.99. The summed E-state index contributed by atoms with van der Waals surface area (Å²) >= 11 is 4.80. The molecule has 0 unspecified atom stereocenters. The molecule has 1 aromatic carbocycles. The molecule has 0 aliphatic rings. The molecule has 0 spiro atoms. The van der Waals surface area contributed by atoms with E-state index in [1.807, 2.05) is 49.6 Å². The Morgan fingerprint density at radius 1 is 1.25 bits per heavy atom. The predicted octanol–water partition coefficient (Wildman–Crippen LogP) is 4.69. The lowest BCUT2D eigenvalue weighted by molar-refractivity contribution is 0.0918. The van der Waals surface area contributed by atoms with Gasteiger partial charge in [0.1, 0.15) is 6.04 Å². The average molecular weight is 406 g/mol. The zero-order chi connectivity index (χ0) is 17.1. The molecular formula is C17H16BrN3O2S. The molecule has 3 aromatic rings. The van der Waals surface area contributed by atoms with Crippen molar-refractivity contribution >= 4 is 33.2 Å². The average Bonchev–Trinajstić information content (AvgIpc) is 3.24. The first-order chi connectivity index (χ1) is 11.5. The van der Waals surface area contributed by atoms with E-state index >= 15 is 0 Å². The minimum absolute atomic E-state index is 0.118. The van der Waals surface area contributed by atoms with Crippen molar-refractivity contribution in [3.63, 3.8) is 0 Å². The molecule has 1 N–H and O–H groups in total. The second-order valence-electron chi connectivity index (χ2n) is 5.64. The molecule has 5 nitrogen and oxygen atoms in total. The molecule has 0 radical (unpaired) electrons. The van der Waals surface area contributed by atoms with Crippen molar-refractivity contribution in [1.29, 1.82) is 0 Å². The molecule has 3 rings (SSSR count). The molecule has 0 aliphatic carbocycles. The monoisotopic (exact) mass is 405 g/mol. The van der Waals surface area contributed by atoms with E-state index in [0.29, 0.717) is 16.6 Å². The molecule has 0 saturated heterocycles. The highest BCUT2D eigenvalue weighted by Crippen LogP contribution is 2.25. The summed E-state index contributed by atoms with van der Waals surface area (Å²) in [7, 11) is 0. The molecule has 1 atom stereocenters. The fourth-order valence-electron chi connectivity index (χ4n) is 2.21. The fourth-order valence-corrected chi connectivity index (χ4v) is 3.10. The highest BCUT2D eigenvalue weighted by molar-refractivity contribution is 9.10. The number of hydrogen-bond acceptors (Lipinski definition) is 5. The lowest BCUT2D eigenvalue weighted by Crippen LogP contribution is -2.31. The van der Waals surface area contributed by atoms with Crippen molar-refractivity contribution in [2.24, 2.45) is 5.92 Å². The summed E-state index contributed by atoms with van der Waals surface area (Å²) in [6.45, 7) is 4.01. The first kappa shape index (κ1) is 16.9. The Morgan fingerprint density at radius 2 is 2.00 bits per heavy atom. The topological polar surface area (TPSA) is 68.0 Å². The molecule has 2 heterocycles. The van der Waals surface area contributed by atoms with E-state index in [0.717, 1.165) is 10.0 Å². The second-order valence-corrected chi connectivity index (χ2v) is 7.50. The van der Waals surface area contributed by atoms with Gasteiger partial charge in [0.2, 0.25) is 11.7 Å². The van der Waals surface area contributed by atoms with E-state index in [4.69, 9.17) is 4.52 Å². The fraction of sp³-hybridized carbons (Fsp3) is 0.235. The van der Waals surface area contributed by atoms with E-state index in [9.17, 15) is 4.79 Å². The van der Waals surface area contributed by atoms with Gasteiger partial charge in [-0.2, -0.15) is 4.98 Å². The summed E-state index contributed by atoms with van der Waals surface area (Å²) in [4.78, 5) is 17.4. The van der Waals surface area contributed by atoms with E-state index in [-0.39, 0.29) is 17.9 Å². The number of nitrogens with one attached hydrogen (secondary N) is 1. The van der Waals surface area contributed by atoms with Crippen LogP contribution in [0.1, 0.15) is 35.5 Å². The Morgan fingerprint density at radius 3 is 2.62 bits per heavy atom. The van der Waals surface area contributed by atoms with Gasteiger partial charge in [-0.05, 0) is 41.6 Å². The van der Waals surface area contributed by atoms with Crippen LogP contribution < -0.4 is 5.32 Å². The van der Waals surface area contributed by atoms with E-state index in [2.05, 4.69) is 31.4 Å². The van der Waals surface area contributed by atoms with Crippen molar-refractivity contribution < 1.29 is 9.32 Å². The highest BCUT2D eigenvalue weighted by atomic mass is 79.9. The minimum Gasteiger partial charge on any atom is -0.339 e. The molecular weight excluding hydrogens is 390 g/mol. The molecule has 1 amide bonds. The number of thiophene rings is 1. The summed E-state index contributed by atoms with van der Waals surface area (Å²) in [6, 6.07) is 11.0. The van der Waals surface area contributed by atoms with Crippen LogP contribution in [0.2, 0.25) is 0 Å². The molecule has 0 aliphatic heterocycles. The number of hydrogen-bond donors (Lipinski definition) is 1. The van der Waals surface area contributed by atoms with Gasteiger partial charge in [-0.3, -0.25) is 4.79 Å². The lowest BCUT2D eigenvalue weighted by Gasteiger charge is -2.17. The van der Waals surface area contributed by atoms with Gasteiger partial charge in [0.25, 0.3) is 5.91 Å². The molecule has 0 saturated carbocycles. The van der Waals surface area contributed by atoms with Crippen molar-refractivity contribution in [2.75, 3.05) is 0 Å². The zero-order valence-electron chi connectivity index (χ0n) is 13.2. The molecule has 0 fully saturated rings. The predicted molar refractivity (Wildman–Crippen MR) is 96.8 cm³/mol. The van der Waals surface area contributed by atoms with Crippen LogP contribution >= 0.6 is 27.3 Å². The van der Waals surface area contributed by atoms with E-state index in [1.165, 1.54) is 11.3 Å². The maximum absolute atomic E-state index is 12.3. The third-order valence-electron chi connectivity index (χ3n) is 3.51. The summed E-state index contributed by atoms with van der Waals surface area (Å²) in [5, 5.41) is 8.89. The van der Waals surface area contributed by atoms with Crippen molar-refractivity contribution in [1.82, 2.24) is 15.5 Å². The normalized spacial score (nSPS) is 12.3. The van der Waals surface area contributed by atoms with Crippen LogP contribution in [-0.2, 0) is 0 Å². The molecule has 124 valence electrons. The zero-order valence-corrected chi connectivity index (χ0v) is 15.6. The van der Waals surface area contributed by atoms with Gasteiger partial charge in [-0.15, -0.1) is 11.3 Å². The van der Waals surface area contributed by atoms with Crippen molar-refractivity contribution in [2.45, 2.75) is 19.9 Å². The van der Waals surface area contributed by atoms with Crippen LogP contribution in [0.4, 0.5) is 0 Å². The number of carbonyl (C=O) groups excluding carboxylic acids is 1. The van der Waals surface area contributed by atoms with Crippen LogP contribution in [0.5, 0.6) is 0 Å². The van der Waals surface area contributed by atoms with E-state index < -0.39 is 0 Å². The number of rotatable bonds is 5.